The summed E-state index contributed by atoms with van der Waals surface area (Å²) in [5, 5.41) is 0. The van der Waals surface area contributed by atoms with E-state index < -0.39 is 3.79 Å². The molecule has 3 fully saturated rings. The molecule has 0 aromatic carbocycles. The van der Waals surface area contributed by atoms with Gasteiger partial charge in [-0.25, -0.2) is 0 Å². The molecule has 0 N–H and O–H groups in total. The van der Waals surface area contributed by atoms with Crippen molar-refractivity contribution in [1.29, 1.82) is 0 Å². The quantitative estimate of drug-likeness (QED) is 0.537. The number of rotatable bonds is 0. The Balaban J connectivity index is 2.06. The number of alkyl halides is 3. The van der Waals surface area contributed by atoms with Crippen LogP contribution in [0.5, 0.6) is 0 Å². The van der Waals surface area contributed by atoms with Crippen molar-refractivity contribution in [1.82, 2.24) is 0 Å². The maximum Gasteiger partial charge on any atom is 0.193 e. The Hall–Kier alpha value is 0.870. The highest BCUT2D eigenvalue weighted by Crippen LogP contribution is 2.59. The number of hydrogen-bond acceptors (Lipinski definition) is 0. The van der Waals surface area contributed by atoms with Crippen LogP contribution in [-0.4, -0.2) is 3.79 Å². The van der Waals surface area contributed by atoms with Crippen molar-refractivity contribution >= 4 is 34.8 Å². The summed E-state index contributed by atoms with van der Waals surface area (Å²) in [5.74, 6) is 1.78. The van der Waals surface area contributed by atoms with Crippen LogP contribution in [0.2, 0.25) is 0 Å². The number of hydrogen-bond donors (Lipinski definition) is 0. The van der Waals surface area contributed by atoms with Crippen LogP contribution in [0.3, 0.4) is 0 Å². The molecule has 0 aromatic rings. The average Bonchev–Trinajstić information content (AvgIpc) is 1.85. The molecule has 0 spiro atoms. The van der Waals surface area contributed by atoms with E-state index in [0.29, 0.717) is 17.8 Å². The SMILES string of the molecule is ClC(Cl)(Cl)C1[C@@H]2CCC[C@H]1C2. The molecule has 0 nitrogen and oxygen atoms in total. The van der Waals surface area contributed by atoms with Crippen LogP contribution in [0.1, 0.15) is 25.7 Å². The molecule has 64 valence electrons. The topological polar surface area (TPSA) is 0 Å². The van der Waals surface area contributed by atoms with Crippen molar-refractivity contribution in [3.05, 3.63) is 0 Å². The van der Waals surface area contributed by atoms with E-state index >= 15 is 0 Å². The summed E-state index contributed by atoms with van der Waals surface area (Å²) < 4.78 is -0.992. The van der Waals surface area contributed by atoms with Crippen LogP contribution >= 0.6 is 34.8 Å². The second-order valence-corrected chi connectivity index (χ2v) is 6.12. The molecule has 1 unspecified atom stereocenters. The number of fused-ring (bicyclic) bond motifs is 2. The van der Waals surface area contributed by atoms with Gasteiger partial charge in [0.2, 0.25) is 0 Å². The zero-order chi connectivity index (χ0) is 8.06. The predicted molar refractivity (Wildman–Crippen MR) is 49.2 cm³/mol. The molecule has 3 heteroatoms. The highest BCUT2D eigenvalue weighted by molar-refractivity contribution is 6.67. The van der Waals surface area contributed by atoms with E-state index in [1.165, 1.54) is 25.7 Å². The van der Waals surface area contributed by atoms with Crippen molar-refractivity contribution in [3.63, 3.8) is 0 Å². The first-order chi connectivity index (χ1) is 5.09. The van der Waals surface area contributed by atoms with Crippen molar-refractivity contribution in [3.8, 4) is 0 Å². The molecule has 0 heterocycles. The van der Waals surface area contributed by atoms with Crippen molar-refractivity contribution in [2.24, 2.45) is 17.8 Å². The van der Waals surface area contributed by atoms with Gasteiger partial charge in [0.25, 0.3) is 0 Å². The standard InChI is InChI=1S/C8H11Cl3/c9-8(10,11)7-5-2-1-3-6(7)4-5/h5-7H,1-4H2/t5-,6+,7?. The average molecular weight is 214 g/mol. The van der Waals surface area contributed by atoms with E-state index in [2.05, 4.69) is 0 Å². The Kier molecular flexibility index (Phi) is 2.06. The normalized spacial score (nSPS) is 43.4. The van der Waals surface area contributed by atoms with Crippen LogP contribution in [0.4, 0.5) is 0 Å². The lowest BCUT2D eigenvalue weighted by atomic mass is 9.58. The Bertz CT molecular complexity index is 147. The molecule has 11 heavy (non-hydrogen) atoms. The van der Waals surface area contributed by atoms with Crippen molar-refractivity contribution in [2.45, 2.75) is 29.5 Å². The Morgan fingerprint density at radius 2 is 1.55 bits per heavy atom. The molecule has 0 aromatic heterocycles. The molecule has 0 aliphatic heterocycles. The van der Waals surface area contributed by atoms with Gasteiger partial charge in [-0.3, -0.25) is 0 Å². The molecule has 0 radical (unpaired) electrons. The van der Waals surface area contributed by atoms with Gasteiger partial charge in [0.15, 0.2) is 3.79 Å². The van der Waals surface area contributed by atoms with Crippen LogP contribution in [-0.2, 0) is 0 Å². The molecule has 3 saturated carbocycles. The van der Waals surface area contributed by atoms with Crippen LogP contribution < -0.4 is 0 Å². The molecular weight excluding hydrogens is 202 g/mol. The fourth-order valence-electron chi connectivity index (χ4n) is 2.64. The van der Waals surface area contributed by atoms with E-state index in [9.17, 15) is 0 Å². The second-order valence-electron chi connectivity index (χ2n) is 3.75. The van der Waals surface area contributed by atoms with E-state index in [1.54, 1.807) is 0 Å². The van der Waals surface area contributed by atoms with Crippen LogP contribution in [0.15, 0.2) is 0 Å². The molecule has 3 rings (SSSR count). The molecule has 3 aliphatic rings. The van der Waals surface area contributed by atoms with E-state index in [1.807, 2.05) is 0 Å². The lowest BCUT2D eigenvalue weighted by molar-refractivity contribution is 0.0173. The first-order valence-electron chi connectivity index (χ1n) is 4.16. The summed E-state index contributed by atoms with van der Waals surface area (Å²) in [4.78, 5) is 0. The minimum atomic E-state index is -0.992. The van der Waals surface area contributed by atoms with Gasteiger partial charge in [-0.1, -0.05) is 41.2 Å². The van der Waals surface area contributed by atoms with E-state index in [0.717, 1.165) is 0 Å². The van der Waals surface area contributed by atoms with Gasteiger partial charge in [0, 0.05) is 5.92 Å². The monoisotopic (exact) mass is 212 g/mol. The third-order valence-corrected chi connectivity index (χ3v) is 3.90. The Labute approximate surface area is 82.2 Å². The largest absolute Gasteiger partial charge is 0.193 e. The summed E-state index contributed by atoms with van der Waals surface area (Å²) in [6.07, 6.45) is 5.19. The molecule has 0 saturated heterocycles. The van der Waals surface area contributed by atoms with Gasteiger partial charge in [0.1, 0.15) is 0 Å². The second kappa shape index (κ2) is 2.68. The van der Waals surface area contributed by atoms with Crippen LogP contribution in [0, 0.1) is 17.8 Å². The molecular formula is C8H11Cl3. The lowest BCUT2D eigenvalue weighted by Gasteiger charge is -2.52. The van der Waals surface area contributed by atoms with Gasteiger partial charge < -0.3 is 0 Å². The highest BCUT2D eigenvalue weighted by atomic mass is 35.6. The predicted octanol–water partition coefficient (Wildman–Crippen LogP) is 3.79. The maximum atomic E-state index is 5.87. The molecule has 2 bridgehead atoms. The summed E-state index contributed by atoms with van der Waals surface area (Å²) >= 11 is 17.6. The maximum absolute atomic E-state index is 5.87. The van der Waals surface area contributed by atoms with E-state index in [4.69, 9.17) is 34.8 Å². The van der Waals surface area contributed by atoms with E-state index in [-0.39, 0.29) is 0 Å². The van der Waals surface area contributed by atoms with Crippen molar-refractivity contribution in [2.75, 3.05) is 0 Å². The first kappa shape index (κ1) is 8.47. The highest BCUT2D eigenvalue weighted by Gasteiger charge is 2.52. The molecule has 3 aliphatic carbocycles. The third-order valence-electron chi connectivity index (χ3n) is 3.15. The smallest absolute Gasteiger partial charge is 0.0834 e. The Morgan fingerprint density at radius 1 is 1.00 bits per heavy atom. The molecule has 0 amide bonds. The number of halogens is 3. The van der Waals surface area contributed by atoms with Gasteiger partial charge in [-0.2, -0.15) is 0 Å². The minimum Gasteiger partial charge on any atom is -0.0834 e. The fraction of sp³-hybridized carbons (Fsp3) is 1.00. The van der Waals surface area contributed by atoms with Crippen molar-refractivity contribution < 1.29 is 0 Å². The van der Waals surface area contributed by atoms with Gasteiger partial charge in [-0.15, -0.1) is 0 Å². The first-order valence-corrected chi connectivity index (χ1v) is 5.29. The van der Waals surface area contributed by atoms with Gasteiger partial charge in [0.05, 0.1) is 0 Å². The zero-order valence-electron chi connectivity index (χ0n) is 6.19. The third kappa shape index (κ3) is 1.38. The summed E-state index contributed by atoms with van der Waals surface area (Å²) in [6.45, 7) is 0. The lowest BCUT2D eigenvalue weighted by Crippen LogP contribution is -2.47. The van der Waals surface area contributed by atoms with Gasteiger partial charge in [-0.05, 0) is 31.1 Å². The summed E-state index contributed by atoms with van der Waals surface area (Å²) in [7, 11) is 0. The summed E-state index contributed by atoms with van der Waals surface area (Å²) in [5.41, 5.74) is 0. The Morgan fingerprint density at radius 3 is 1.82 bits per heavy atom. The summed E-state index contributed by atoms with van der Waals surface area (Å²) in [6, 6.07) is 0. The van der Waals surface area contributed by atoms with Crippen LogP contribution in [0.25, 0.3) is 0 Å². The fourth-order valence-corrected chi connectivity index (χ4v) is 3.71. The molecule has 3 atom stereocenters. The zero-order valence-corrected chi connectivity index (χ0v) is 8.46. The minimum absolute atomic E-state index is 0.362. The van der Waals surface area contributed by atoms with Gasteiger partial charge >= 0.3 is 0 Å².